The topological polar surface area (TPSA) is 68.5 Å². The normalized spacial score (nSPS) is 24.9. The predicted molar refractivity (Wildman–Crippen MR) is 66.5 cm³/mol. The summed E-state index contributed by atoms with van der Waals surface area (Å²) >= 11 is 0. The molecule has 0 aliphatic carbocycles. The molecule has 0 radical (unpaired) electrons. The van der Waals surface area contributed by atoms with Crippen molar-refractivity contribution in [2.45, 2.75) is 32.1 Å². The maximum absolute atomic E-state index is 12.2. The highest BCUT2D eigenvalue weighted by Crippen LogP contribution is 2.28. The second-order valence-corrected chi connectivity index (χ2v) is 5.34. The third-order valence-electron chi connectivity index (χ3n) is 3.98. The molecule has 19 heavy (non-hydrogen) atoms. The van der Waals surface area contributed by atoms with Crippen molar-refractivity contribution < 1.29 is 14.1 Å². The molecule has 2 fully saturated rings. The maximum atomic E-state index is 12.2. The van der Waals surface area contributed by atoms with Crippen LogP contribution in [-0.2, 0) is 9.53 Å². The van der Waals surface area contributed by atoms with Crippen molar-refractivity contribution in [2.75, 3.05) is 26.3 Å². The summed E-state index contributed by atoms with van der Waals surface area (Å²) in [6.07, 6.45) is 2.67. The summed E-state index contributed by atoms with van der Waals surface area (Å²) in [5, 5.41) is 3.83. The molecule has 1 amide bonds. The molecule has 0 N–H and O–H groups in total. The molecular weight excluding hydrogens is 246 g/mol. The summed E-state index contributed by atoms with van der Waals surface area (Å²) in [5.74, 6) is 2.01. The Bertz CT molecular complexity index is 446. The second kappa shape index (κ2) is 5.28. The van der Waals surface area contributed by atoms with Gasteiger partial charge in [0.15, 0.2) is 5.82 Å². The molecule has 0 aromatic carbocycles. The molecule has 2 aliphatic rings. The monoisotopic (exact) mass is 265 g/mol. The predicted octanol–water partition coefficient (Wildman–Crippen LogP) is 1.12. The molecule has 0 bridgehead atoms. The van der Waals surface area contributed by atoms with Gasteiger partial charge in [0.1, 0.15) is 0 Å². The van der Waals surface area contributed by atoms with Crippen molar-refractivity contribution in [3.63, 3.8) is 0 Å². The van der Waals surface area contributed by atoms with Crippen LogP contribution in [0, 0.1) is 12.8 Å². The Morgan fingerprint density at radius 3 is 2.68 bits per heavy atom. The lowest BCUT2D eigenvalue weighted by molar-refractivity contribution is -0.136. The Morgan fingerprint density at radius 2 is 2.11 bits per heavy atom. The number of amides is 1. The van der Waals surface area contributed by atoms with E-state index in [-0.39, 0.29) is 11.8 Å². The van der Waals surface area contributed by atoms with Gasteiger partial charge in [0.05, 0.1) is 12.5 Å². The number of aryl methyl sites for hydroxylation is 1. The van der Waals surface area contributed by atoms with Gasteiger partial charge in [-0.3, -0.25) is 4.79 Å². The lowest BCUT2D eigenvalue weighted by Gasteiger charge is -2.31. The minimum atomic E-state index is 0.0715. The van der Waals surface area contributed by atoms with Gasteiger partial charge < -0.3 is 14.2 Å². The zero-order valence-electron chi connectivity index (χ0n) is 11.2. The van der Waals surface area contributed by atoms with Crippen LogP contribution >= 0.6 is 0 Å². The van der Waals surface area contributed by atoms with Crippen LogP contribution in [0.5, 0.6) is 0 Å². The van der Waals surface area contributed by atoms with E-state index < -0.39 is 0 Å². The average Bonchev–Trinajstić information content (AvgIpc) is 3.09. The summed E-state index contributed by atoms with van der Waals surface area (Å²) in [7, 11) is 0. The highest BCUT2D eigenvalue weighted by Gasteiger charge is 2.32. The first-order valence-electron chi connectivity index (χ1n) is 6.91. The molecule has 6 nitrogen and oxygen atoms in total. The van der Waals surface area contributed by atoms with Gasteiger partial charge in [-0.25, -0.2) is 0 Å². The standard InChI is InChI=1S/C13H19N3O3/c1-9-14-12(19-15-9)10-2-5-16(6-3-10)13(17)11-4-7-18-8-11/h10-11H,2-8H2,1H3. The number of likely N-dealkylation sites (tertiary alicyclic amines) is 1. The molecule has 6 heteroatoms. The summed E-state index contributed by atoms with van der Waals surface area (Å²) in [5.41, 5.74) is 0. The molecule has 104 valence electrons. The molecular formula is C13H19N3O3. The molecule has 0 spiro atoms. The van der Waals surface area contributed by atoms with E-state index in [2.05, 4.69) is 10.1 Å². The molecule has 1 aromatic rings. The van der Waals surface area contributed by atoms with E-state index in [9.17, 15) is 4.79 Å². The van der Waals surface area contributed by atoms with E-state index in [0.29, 0.717) is 30.8 Å². The number of hydrogen-bond acceptors (Lipinski definition) is 5. The Morgan fingerprint density at radius 1 is 1.32 bits per heavy atom. The van der Waals surface area contributed by atoms with Crippen molar-refractivity contribution in [2.24, 2.45) is 5.92 Å². The first kappa shape index (κ1) is 12.6. The third-order valence-corrected chi connectivity index (χ3v) is 3.98. The van der Waals surface area contributed by atoms with Crippen molar-refractivity contribution >= 4 is 5.91 Å². The smallest absolute Gasteiger partial charge is 0.229 e. The number of carbonyl (C=O) groups is 1. The molecule has 3 rings (SSSR count). The molecule has 3 heterocycles. The van der Waals surface area contributed by atoms with Crippen molar-refractivity contribution in [3.8, 4) is 0 Å². The van der Waals surface area contributed by atoms with Gasteiger partial charge in [0.25, 0.3) is 0 Å². The second-order valence-electron chi connectivity index (χ2n) is 5.34. The van der Waals surface area contributed by atoms with Crippen molar-refractivity contribution in [1.82, 2.24) is 15.0 Å². The van der Waals surface area contributed by atoms with Crippen molar-refractivity contribution in [3.05, 3.63) is 11.7 Å². The quantitative estimate of drug-likeness (QED) is 0.801. The Kier molecular flexibility index (Phi) is 3.50. The number of aromatic nitrogens is 2. The average molecular weight is 265 g/mol. The van der Waals surface area contributed by atoms with Gasteiger partial charge in [-0.1, -0.05) is 5.16 Å². The van der Waals surface area contributed by atoms with E-state index in [1.54, 1.807) is 0 Å². The van der Waals surface area contributed by atoms with Gasteiger partial charge in [0.2, 0.25) is 11.8 Å². The van der Waals surface area contributed by atoms with E-state index in [4.69, 9.17) is 9.26 Å². The maximum Gasteiger partial charge on any atom is 0.229 e. The largest absolute Gasteiger partial charge is 0.381 e. The fourth-order valence-corrected chi connectivity index (χ4v) is 2.81. The molecule has 1 unspecified atom stereocenters. The molecule has 1 atom stereocenters. The molecule has 1 aromatic heterocycles. The summed E-state index contributed by atoms with van der Waals surface area (Å²) in [6, 6.07) is 0. The first-order chi connectivity index (χ1) is 9.24. The Balaban J connectivity index is 1.55. The first-order valence-corrected chi connectivity index (χ1v) is 6.91. The number of nitrogens with zero attached hydrogens (tertiary/aromatic N) is 3. The Hall–Kier alpha value is -1.43. The Labute approximate surface area is 112 Å². The third kappa shape index (κ3) is 2.63. The fraction of sp³-hybridized carbons (Fsp3) is 0.769. The van der Waals surface area contributed by atoms with Crippen LogP contribution in [0.1, 0.15) is 36.9 Å². The lowest BCUT2D eigenvalue weighted by atomic mass is 9.95. The van der Waals surface area contributed by atoms with E-state index in [1.807, 2.05) is 11.8 Å². The van der Waals surface area contributed by atoms with Gasteiger partial charge in [-0.05, 0) is 26.2 Å². The van der Waals surface area contributed by atoms with E-state index in [1.165, 1.54) is 0 Å². The number of hydrogen-bond donors (Lipinski definition) is 0. The minimum Gasteiger partial charge on any atom is -0.381 e. The minimum absolute atomic E-state index is 0.0715. The summed E-state index contributed by atoms with van der Waals surface area (Å²) in [4.78, 5) is 18.5. The zero-order chi connectivity index (χ0) is 13.2. The van der Waals surface area contributed by atoms with Crippen molar-refractivity contribution in [1.29, 1.82) is 0 Å². The lowest BCUT2D eigenvalue weighted by Crippen LogP contribution is -2.41. The molecule has 2 saturated heterocycles. The number of rotatable bonds is 2. The highest BCUT2D eigenvalue weighted by molar-refractivity contribution is 5.79. The van der Waals surface area contributed by atoms with Gasteiger partial charge >= 0.3 is 0 Å². The summed E-state index contributed by atoms with van der Waals surface area (Å²) in [6.45, 7) is 4.68. The van der Waals surface area contributed by atoms with Gasteiger partial charge in [-0.15, -0.1) is 0 Å². The molecule has 0 saturated carbocycles. The number of piperidine rings is 1. The fourth-order valence-electron chi connectivity index (χ4n) is 2.81. The SMILES string of the molecule is Cc1noc(C2CCN(C(=O)C3CCOC3)CC2)n1. The van der Waals surface area contributed by atoms with E-state index >= 15 is 0 Å². The number of ether oxygens (including phenoxy) is 1. The van der Waals surface area contributed by atoms with Crippen LogP contribution in [0.3, 0.4) is 0 Å². The molecule has 2 aliphatic heterocycles. The zero-order valence-corrected chi connectivity index (χ0v) is 11.2. The van der Waals surface area contributed by atoms with Crippen LogP contribution in [0.15, 0.2) is 4.52 Å². The van der Waals surface area contributed by atoms with Crippen LogP contribution in [0.4, 0.5) is 0 Å². The van der Waals surface area contributed by atoms with Gasteiger partial charge in [-0.2, -0.15) is 4.98 Å². The van der Waals surface area contributed by atoms with E-state index in [0.717, 1.165) is 32.4 Å². The van der Waals surface area contributed by atoms with Crippen LogP contribution in [-0.4, -0.2) is 47.3 Å². The van der Waals surface area contributed by atoms with Crippen LogP contribution < -0.4 is 0 Å². The highest BCUT2D eigenvalue weighted by atomic mass is 16.5. The summed E-state index contributed by atoms with van der Waals surface area (Å²) < 4.78 is 10.5. The van der Waals surface area contributed by atoms with Crippen LogP contribution in [0.25, 0.3) is 0 Å². The number of carbonyl (C=O) groups excluding carboxylic acids is 1. The van der Waals surface area contributed by atoms with Crippen LogP contribution in [0.2, 0.25) is 0 Å². The van der Waals surface area contributed by atoms with Gasteiger partial charge in [0, 0.05) is 25.6 Å².